The summed E-state index contributed by atoms with van der Waals surface area (Å²) in [6.07, 6.45) is 0.688. The molecule has 1 aliphatic rings. The summed E-state index contributed by atoms with van der Waals surface area (Å²) in [5.41, 5.74) is 0.795. The number of piperidine rings is 1. The summed E-state index contributed by atoms with van der Waals surface area (Å²) in [7, 11) is 0. The van der Waals surface area contributed by atoms with Crippen LogP contribution in [-0.2, 0) is 9.59 Å². The van der Waals surface area contributed by atoms with Gasteiger partial charge in [0.05, 0.1) is 16.3 Å². The van der Waals surface area contributed by atoms with E-state index in [1.807, 2.05) is 6.07 Å². The Labute approximate surface area is 109 Å². The van der Waals surface area contributed by atoms with E-state index in [1.165, 1.54) is 0 Å². The van der Waals surface area contributed by atoms with Crippen LogP contribution in [0.2, 0.25) is 5.02 Å². The summed E-state index contributed by atoms with van der Waals surface area (Å²) in [5, 5.41) is 14.5. The van der Waals surface area contributed by atoms with Crippen molar-refractivity contribution in [2.45, 2.75) is 18.9 Å². The standard InChI is InChI=1S/C12H10ClN3O2/c13-8-2-1-3-9(7(8)6-14)15-10-4-5-11(17)16-12(10)18/h1-3,10,15H,4-5H2,(H,16,17,18). The van der Waals surface area contributed by atoms with Crippen LogP contribution in [0.3, 0.4) is 0 Å². The lowest BCUT2D eigenvalue weighted by Crippen LogP contribution is -2.47. The van der Waals surface area contributed by atoms with Crippen LogP contribution in [0.25, 0.3) is 0 Å². The first-order chi connectivity index (χ1) is 8.61. The second kappa shape index (κ2) is 5.07. The molecule has 2 amide bonds. The maximum absolute atomic E-state index is 11.6. The Balaban J connectivity index is 2.20. The van der Waals surface area contributed by atoms with Gasteiger partial charge in [-0.3, -0.25) is 14.9 Å². The molecule has 0 aliphatic carbocycles. The van der Waals surface area contributed by atoms with Crippen LogP contribution in [0.4, 0.5) is 5.69 Å². The minimum absolute atomic E-state index is 0.273. The predicted octanol–water partition coefficient (Wildman–Crippen LogP) is 1.43. The molecular formula is C12H10ClN3O2. The predicted molar refractivity (Wildman–Crippen MR) is 66.0 cm³/mol. The van der Waals surface area contributed by atoms with Gasteiger partial charge in [0.1, 0.15) is 12.1 Å². The molecule has 0 saturated carbocycles. The molecule has 2 rings (SSSR count). The van der Waals surface area contributed by atoms with Gasteiger partial charge in [-0.2, -0.15) is 5.26 Å². The normalized spacial score (nSPS) is 19.0. The second-order valence-electron chi connectivity index (χ2n) is 3.92. The Hall–Kier alpha value is -2.06. The number of imide groups is 1. The number of nitrogens with one attached hydrogen (secondary N) is 2. The molecule has 1 atom stereocenters. The highest BCUT2D eigenvalue weighted by atomic mass is 35.5. The maximum atomic E-state index is 11.6. The van der Waals surface area contributed by atoms with E-state index in [9.17, 15) is 9.59 Å². The van der Waals surface area contributed by atoms with E-state index < -0.39 is 6.04 Å². The van der Waals surface area contributed by atoms with Crippen LogP contribution >= 0.6 is 11.6 Å². The van der Waals surface area contributed by atoms with Gasteiger partial charge in [-0.1, -0.05) is 17.7 Å². The van der Waals surface area contributed by atoms with Gasteiger partial charge in [0, 0.05) is 6.42 Å². The van der Waals surface area contributed by atoms with E-state index >= 15 is 0 Å². The Morgan fingerprint density at radius 3 is 2.89 bits per heavy atom. The van der Waals surface area contributed by atoms with Crippen molar-refractivity contribution in [2.75, 3.05) is 5.32 Å². The maximum Gasteiger partial charge on any atom is 0.249 e. The molecule has 1 aliphatic heterocycles. The molecule has 0 spiro atoms. The summed E-state index contributed by atoms with van der Waals surface area (Å²) in [6, 6.07) is 6.44. The number of nitrogens with zero attached hydrogens (tertiary/aromatic N) is 1. The molecule has 92 valence electrons. The van der Waals surface area contributed by atoms with Crippen LogP contribution in [0.5, 0.6) is 0 Å². The first-order valence-corrected chi connectivity index (χ1v) is 5.78. The molecule has 6 heteroatoms. The monoisotopic (exact) mass is 263 g/mol. The van der Waals surface area contributed by atoms with Crippen molar-refractivity contribution in [1.29, 1.82) is 5.26 Å². The molecule has 1 aromatic carbocycles. The molecule has 1 heterocycles. The fraction of sp³-hybridized carbons (Fsp3) is 0.250. The highest BCUT2D eigenvalue weighted by Crippen LogP contribution is 2.24. The number of hydrogen-bond donors (Lipinski definition) is 2. The van der Waals surface area contributed by atoms with Crippen molar-refractivity contribution >= 4 is 29.1 Å². The third-order valence-corrected chi connectivity index (χ3v) is 3.01. The van der Waals surface area contributed by atoms with E-state index in [1.54, 1.807) is 18.2 Å². The number of benzene rings is 1. The first kappa shape index (κ1) is 12.4. The Morgan fingerprint density at radius 2 is 2.22 bits per heavy atom. The zero-order chi connectivity index (χ0) is 13.1. The zero-order valence-corrected chi connectivity index (χ0v) is 10.1. The van der Waals surface area contributed by atoms with Gasteiger partial charge in [0.25, 0.3) is 0 Å². The Kier molecular flexibility index (Phi) is 3.49. The van der Waals surface area contributed by atoms with Crippen molar-refractivity contribution < 1.29 is 9.59 Å². The molecule has 1 fully saturated rings. The summed E-state index contributed by atoms with van der Waals surface area (Å²) < 4.78 is 0. The van der Waals surface area contributed by atoms with Gasteiger partial charge in [-0.25, -0.2) is 0 Å². The number of carbonyl (C=O) groups excluding carboxylic acids is 2. The summed E-state index contributed by atoms with van der Waals surface area (Å²) in [5.74, 6) is -0.653. The lowest BCUT2D eigenvalue weighted by molar-refractivity contribution is -0.133. The van der Waals surface area contributed by atoms with Crippen LogP contribution in [0.15, 0.2) is 18.2 Å². The van der Waals surface area contributed by atoms with Crippen molar-refractivity contribution in [3.8, 4) is 6.07 Å². The van der Waals surface area contributed by atoms with Crippen LogP contribution in [0, 0.1) is 11.3 Å². The van der Waals surface area contributed by atoms with Crippen LogP contribution < -0.4 is 10.6 Å². The van der Waals surface area contributed by atoms with Gasteiger partial charge in [-0.15, -0.1) is 0 Å². The Morgan fingerprint density at radius 1 is 1.44 bits per heavy atom. The number of nitriles is 1. The van der Waals surface area contributed by atoms with E-state index in [-0.39, 0.29) is 18.2 Å². The molecule has 0 radical (unpaired) electrons. The van der Waals surface area contributed by atoms with E-state index in [0.717, 1.165) is 0 Å². The van der Waals surface area contributed by atoms with E-state index in [0.29, 0.717) is 22.7 Å². The van der Waals surface area contributed by atoms with E-state index in [4.69, 9.17) is 16.9 Å². The van der Waals surface area contributed by atoms with Crippen molar-refractivity contribution in [3.05, 3.63) is 28.8 Å². The number of rotatable bonds is 2. The smallest absolute Gasteiger partial charge is 0.249 e. The van der Waals surface area contributed by atoms with Crippen LogP contribution in [-0.4, -0.2) is 17.9 Å². The van der Waals surface area contributed by atoms with Crippen molar-refractivity contribution in [3.63, 3.8) is 0 Å². The van der Waals surface area contributed by atoms with Gasteiger partial charge < -0.3 is 5.32 Å². The van der Waals surface area contributed by atoms with Gasteiger partial charge in [0.2, 0.25) is 11.8 Å². The molecule has 5 nitrogen and oxygen atoms in total. The highest BCUT2D eigenvalue weighted by molar-refractivity contribution is 6.32. The fourth-order valence-corrected chi connectivity index (χ4v) is 1.99. The topological polar surface area (TPSA) is 82.0 Å². The third-order valence-electron chi connectivity index (χ3n) is 2.69. The highest BCUT2D eigenvalue weighted by Gasteiger charge is 2.27. The molecule has 0 aromatic heterocycles. The molecule has 2 N–H and O–H groups in total. The summed E-state index contributed by atoms with van der Waals surface area (Å²) >= 11 is 5.89. The van der Waals surface area contributed by atoms with Crippen LogP contribution in [0.1, 0.15) is 18.4 Å². The summed E-state index contributed by atoms with van der Waals surface area (Å²) in [4.78, 5) is 22.6. The number of anilines is 1. The number of halogens is 1. The van der Waals surface area contributed by atoms with Crippen molar-refractivity contribution in [1.82, 2.24) is 5.32 Å². The van der Waals surface area contributed by atoms with Gasteiger partial charge >= 0.3 is 0 Å². The SMILES string of the molecule is N#Cc1c(Cl)cccc1NC1CCC(=O)NC1=O. The lowest BCUT2D eigenvalue weighted by atomic mass is 10.0. The average Bonchev–Trinajstić information content (AvgIpc) is 2.33. The largest absolute Gasteiger partial charge is 0.373 e. The van der Waals surface area contributed by atoms with Gasteiger partial charge in [-0.05, 0) is 18.6 Å². The second-order valence-corrected chi connectivity index (χ2v) is 4.33. The number of hydrogen-bond acceptors (Lipinski definition) is 4. The van der Waals surface area contributed by atoms with E-state index in [2.05, 4.69) is 10.6 Å². The third kappa shape index (κ3) is 2.44. The zero-order valence-electron chi connectivity index (χ0n) is 9.37. The van der Waals surface area contributed by atoms with Crippen molar-refractivity contribution in [2.24, 2.45) is 0 Å². The molecule has 0 bridgehead atoms. The lowest BCUT2D eigenvalue weighted by Gasteiger charge is -2.23. The minimum atomic E-state index is -0.520. The molecule has 18 heavy (non-hydrogen) atoms. The number of carbonyl (C=O) groups is 2. The molecular weight excluding hydrogens is 254 g/mol. The minimum Gasteiger partial charge on any atom is -0.373 e. The average molecular weight is 264 g/mol. The fourth-order valence-electron chi connectivity index (χ4n) is 1.78. The first-order valence-electron chi connectivity index (χ1n) is 5.40. The molecule has 1 saturated heterocycles. The van der Waals surface area contributed by atoms with Gasteiger partial charge in [0.15, 0.2) is 0 Å². The quantitative estimate of drug-likeness (QED) is 0.791. The number of amides is 2. The Bertz CT molecular complexity index is 551. The molecule has 1 unspecified atom stereocenters. The summed E-state index contributed by atoms with van der Waals surface area (Å²) in [6.45, 7) is 0. The molecule has 1 aromatic rings.